The molecule has 0 radical (unpaired) electrons. The van der Waals surface area contributed by atoms with Gasteiger partial charge in [-0.3, -0.25) is 0 Å². The summed E-state index contributed by atoms with van der Waals surface area (Å²) in [5.41, 5.74) is 6.79. The molecule has 0 fully saturated rings. The molecule has 2 aromatic rings. The van der Waals surface area contributed by atoms with Gasteiger partial charge in [0.2, 0.25) is 0 Å². The van der Waals surface area contributed by atoms with Gasteiger partial charge < -0.3 is 20.5 Å². The topological polar surface area (TPSA) is 84.5 Å². The summed E-state index contributed by atoms with van der Waals surface area (Å²) in [5.74, 6) is 1.66. The second-order valence-corrected chi connectivity index (χ2v) is 4.54. The number of aliphatic hydroxyl groups excluding tert-OH is 1. The molecule has 0 spiro atoms. The molecule has 1 heterocycles. The Balaban J connectivity index is 2.32. The number of hydrogen-bond acceptors (Lipinski definition) is 6. The predicted octanol–water partition coefficient (Wildman–Crippen LogP) is 1.17. The fourth-order valence-corrected chi connectivity index (χ4v) is 1.99. The number of hydrogen-bond donors (Lipinski definition) is 2. The third kappa shape index (κ3) is 4.14. The highest BCUT2D eigenvalue weighted by atomic mass is 16.5. The minimum Gasteiger partial charge on any atom is -0.395 e. The van der Waals surface area contributed by atoms with Crippen LogP contribution < -0.4 is 10.6 Å². The minimum absolute atomic E-state index is 0.0360. The molecular weight excluding hydrogens is 268 g/mol. The maximum absolute atomic E-state index is 9.20. The quantitative estimate of drug-likeness (QED) is 0.795. The van der Waals surface area contributed by atoms with E-state index in [-0.39, 0.29) is 6.61 Å². The van der Waals surface area contributed by atoms with Crippen LogP contribution in [0.5, 0.6) is 0 Å². The smallest absolute Gasteiger partial charge is 0.163 e. The van der Waals surface area contributed by atoms with Crippen LogP contribution in [0.15, 0.2) is 36.4 Å². The van der Waals surface area contributed by atoms with Gasteiger partial charge in [-0.1, -0.05) is 30.3 Å². The molecule has 0 amide bonds. The van der Waals surface area contributed by atoms with Crippen molar-refractivity contribution in [2.75, 3.05) is 44.0 Å². The Hall–Kier alpha value is -2.18. The molecule has 21 heavy (non-hydrogen) atoms. The molecule has 2 rings (SSSR count). The maximum Gasteiger partial charge on any atom is 0.163 e. The first-order chi connectivity index (χ1) is 10.2. The normalized spacial score (nSPS) is 10.6. The summed E-state index contributed by atoms with van der Waals surface area (Å²) in [4.78, 5) is 10.7. The van der Waals surface area contributed by atoms with Crippen LogP contribution in [0.1, 0.15) is 0 Å². The summed E-state index contributed by atoms with van der Waals surface area (Å²) in [6, 6.07) is 11.4. The van der Waals surface area contributed by atoms with Crippen LogP contribution in [0.4, 0.5) is 11.6 Å². The SMILES string of the molecule is COCCN(CCO)c1cc(N)nc(-c2ccccc2)n1. The molecule has 0 aliphatic heterocycles. The fraction of sp³-hybridized carbons (Fsp3) is 0.333. The van der Waals surface area contributed by atoms with E-state index < -0.39 is 0 Å². The zero-order valence-electron chi connectivity index (χ0n) is 12.1. The number of anilines is 2. The largest absolute Gasteiger partial charge is 0.395 e. The van der Waals surface area contributed by atoms with Crippen molar-refractivity contribution in [3.8, 4) is 11.4 Å². The number of aromatic nitrogens is 2. The number of nitrogens with zero attached hydrogens (tertiary/aromatic N) is 3. The van der Waals surface area contributed by atoms with Gasteiger partial charge in [-0.25, -0.2) is 9.97 Å². The summed E-state index contributed by atoms with van der Waals surface area (Å²) in [7, 11) is 1.64. The van der Waals surface area contributed by atoms with E-state index in [0.29, 0.717) is 37.2 Å². The number of nitrogens with two attached hydrogens (primary N) is 1. The molecule has 112 valence electrons. The van der Waals surface area contributed by atoms with Crippen LogP contribution in [0.25, 0.3) is 11.4 Å². The Morgan fingerprint density at radius 2 is 1.95 bits per heavy atom. The molecule has 0 aliphatic carbocycles. The highest BCUT2D eigenvalue weighted by Crippen LogP contribution is 2.20. The predicted molar refractivity (Wildman–Crippen MR) is 83.1 cm³/mol. The lowest BCUT2D eigenvalue weighted by Gasteiger charge is -2.23. The van der Waals surface area contributed by atoms with E-state index >= 15 is 0 Å². The first-order valence-electron chi connectivity index (χ1n) is 6.79. The van der Waals surface area contributed by atoms with Gasteiger partial charge in [0.05, 0.1) is 13.2 Å². The molecule has 6 nitrogen and oxygen atoms in total. The lowest BCUT2D eigenvalue weighted by molar-refractivity contribution is 0.202. The first kappa shape index (κ1) is 15.2. The number of ether oxygens (including phenoxy) is 1. The Morgan fingerprint density at radius 3 is 2.62 bits per heavy atom. The minimum atomic E-state index is 0.0360. The van der Waals surface area contributed by atoms with E-state index in [1.54, 1.807) is 13.2 Å². The molecule has 1 aromatic carbocycles. The van der Waals surface area contributed by atoms with Crippen molar-refractivity contribution in [1.29, 1.82) is 0 Å². The van der Waals surface area contributed by atoms with Gasteiger partial charge >= 0.3 is 0 Å². The second-order valence-electron chi connectivity index (χ2n) is 4.54. The summed E-state index contributed by atoms with van der Waals surface area (Å²) < 4.78 is 5.09. The van der Waals surface area contributed by atoms with Crippen LogP contribution in [-0.4, -0.2) is 48.5 Å². The van der Waals surface area contributed by atoms with Gasteiger partial charge in [0.25, 0.3) is 0 Å². The Morgan fingerprint density at radius 1 is 1.19 bits per heavy atom. The van der Waals surface area contributed by atoms with Gasteiger partial charge in [0.15, 0.2) is 5.82 Å². The molecular formula is C15H20N4O2. The number of aliphatic hydroxyl groups is 1. The van der Waals surface area contributed by atoms with Crippen molar-refractivity contribution < 1.29 is 9.84 Å². The van der Waals surface area contributed by atoms with E-state index in [1.165, 1.54) is 0 Å². The zero-order chi connectivity index (χ0) is 15.1. The molecule has 0 unspecified atom stereocenters. The number of benzene rings is 1. The zero-order valence-corrected chi connectivity index (χ0v) is 12.1. The summed E-state index contributed by atoms with van der Waals surface area (Å²) in [6.45, 7) is 1.68. The van der Waals surface area contributed by atoms with Crippen molar-refractivity contribution in [1.82, 2.24) is 9.97 Å². The molecule has 0 aliphatic rings. The van der Waals surface area contributed by atoms with Crippen LogP contribution in [0, 0.1) is 0 Å². The van der Waals surface area contributed by atoms with Crippen molar-refractivity contribution in [3.05, 3.63) is 36.4 Å². The lowest BCUT2D eigenvalue weighted by Crippen LogP contribution is -2.31. The van der Waals surface area contributed by atoms with Gasteiger partial charge in [-0.15, -0.1) is 0 Å². The molecule has 0 saturated carbocycles. The van der Waals surface area contributed by atoms with Crippen LogP contribution in [0.3, 0.4) is 0 Å². The summed E-state index contributed by atoms with van der Waals surface area (Å²) >= 11 is 0. The second kappa shape index (κ2) is 7.56. The number of methoxy groups -OCH3 is 1. The van der Waals surface area contributed by atoms with Crippen molar-refractivity contribution in [3.63, 3.8) is 0 Å². The van der Waals surface area contributed by atoms with E-state index in [1.807, 2.05) is 35.2 Å². The highest BCUT2D eigenvalue weighted by Gasteiger charge is 2.11. The first-order valence-corrected chi connectivity index (χ1v) is 6.79. The highest BCUT2D eigenvalue weighted by molar-refractivity contribution is 5.60. The summed E-state index contributed by atoms with van der Waals surface area (Å²) in [5, 5.41) is 9.20. The monoisotopic (exact) mass is 288 g/mol. The molecule has 0 bridgehead atoms. The van der Waals surface area contributed by atoms with Crippen molar-refractivity contribution in [2.45, 2.75) is 0 Å². The standard InChI is InChI=1S/C15H20N4O2/c1-21-10-8-19(7-9-20)14-11-13(16)17-15(18-14)12-5-3-2-4-6-12/h2-6,11,20H,7-10H2,1H3,(H2,16,17,18). The van der Waals surface area contributed by atoms with Gasteiger partial charge in [0, 0.05) is 31.8 Å². The third-order valence-corrected chi connectivity index (χ3v) is 3.02. The van der Waals surface area contributed by atoms with Crippen molar-refractivity contribution >= 4 is 11.6 Å². The average Bonchev–Trinajstić information content (AvgIpc) is 2.51. The Labute approximate surface area is 124 Å². The number of rotatable bonds is 7. The van der Waals surface area contributed by atoms with E-state index in [0.717, 1.165) is 5.56 Å². The van der Waals surface area contributed by atoms with Gasteiger partial charge in [0.1, 0.15) is 11.6 Å². The third-order valence-electron chi connectivity index (χ3n) is 3.02. The van der Waals surface area contributed by atoms with Crippen LogP contribution >= 0.6 is 0 Å². The van der Waals surface area contributed by atoms with Crippen LogP contribution in [0.2, 0.25) is 0 Å². The van der Waals surface area contributed by atoms with Gasteiger partial charge in [-0.2, -0.15) is 0 Å². The lowest BCUT2D eigenvalue weighted by atomic mass is 10.2. The maximum atomic E-state index is 9.20. The molecule has 0 saturated heterocycles. The summed E-state index contributed by atoms with van der Waals surface area (Å²) in [6.07, 6.45) is 0. The average molecular weight is 288 g/mol. The van der Waals surface area contributed by atoms with E-state index in [2.05, 4.69) is 9.97 Å². The van der Waals surface area contributed by atoms with Crippen LogP contribution in [-0.2, 0) is 4.74 Å². The molecule has 1 aromatic heterocycles. The van der Waals surface area contributed by atoms with E-state index in [4.69, 9.17) is 10.5 Å². The van der Waals surface area contributed by atoms with Gasteiger partial charge in [-0.05, 0) is 0 Å². The fourth-order valence-electron chi connectivity index (χ4n) is 1.99. The molecule has 6 heteroatoms. The Bertz CT molecular complexity index is 563. The van der Waals surface area contributed by atoms with E-state index in [9.17, 15) is 5.11 Å². The Kier molecular flexibility index (Phi) is 5.48. The molecule has 3 N–H and O–H groups in total. The van der Waals surface area contributed by atoms with Crippen molar-refractivity contribution in [2.24, 2.45) is 0 Å². The molecule has 0 atom stereocenters. The number of nitrogen functional groups attached to an aromatic ring is 1.